The third-order valence-corrected chi connectivity index (χ3v) is 5.62. The molecule has 0 bridgehead atoms. The Labute approximate surface area is 161 Å². The van der Waals surface area contributed by atoms with Gasteiger partial charge >= 0.3 is 0 Å². The molecule has 1 amide bonds. The summed E-state index contributed by atoms with van der Waals surface area (Å²) in [5, 5.41) is 11.2. The molecule has 2 aliphatic carbocycles. The molecule has 0 spiro atoms. The minimum absolute atomic E-state index is 0.0465. The van der Waals surface area contributed by atoms with E-state index in [4.69, 9.17) is 0 Å². The molecule has 2 saturated carbocycles. The fourth-order valence-electron chi connectivity index (χ4n) is 3.48. The quantitative estimate of drug-likeness (QED) is 0.817. The molecule has 2 atom stereocenters. The molecule has 5 heteroatoms. The second-order valence-corrected chi connectivity index (χ2v) is 9.17. The van der Waals surface area contributed by atoms with E-state index in [0.29, 0.717) is 17.5 Å². The molecule has 27 heavy (non-hydrogen) atoms. The van der Waals surface area contributed by atoms with Crippen LogP contribution in [0.5, 0.6) is 0 Å². The second kappa shape index (κ2) is 6.79. The van der Waals surface area contributed by atoms with Crippen molar-refractivity contribution in [1.82, 2.24) is 15.1 Å². The standard InChI is InChI=1S/C22H30N4O/c1-22(2,3)19-12-20(26(4)25-19)24-21(27)16-7-5-6-15(10-16)17-11-18(17)23-13-14-8-9-14/h5-7,10,12,14,17-18,23H,8-9,11,13H2,1-4H3,(H,24,27)/t17-,18+/m0/s1. The molecule has 0 saturated heterocycles. The lowest BCUT2D eigenvalue weighted by atomic mass is 9.92. The van der Waals surface area contributed by atoms with Gasteiger partial charge in [0.15, 0.2) is 0 Å². The van der Waals surface area contributed by atoms with Gasteiger partial charge in [-0.3, -0.25) is 9.48 Å². The molecule has 0 radical (unpaired) electrons. The summed E-state index contributed by atoms with van der Waals surface area (Å²) < 4.78 is 1.74. The van der Waals surface area contributed by atoms with Gasteiger partial charge in [0.2, 0.25) is 0 Å². The molecule has 0 aliphatic heterocycles. The Kier molecular flexibility index (Phi) is 4.58. The third-order valence-electron chi connectivity index (χ3n) is 5.62. The summed E-state index contributed by atoms with van der Waals surface area (Å²) in [6.45, 7) is 7.51. The first-order valence-electron chi connectivity index (χ1n) is 10.0. The van der Waals surface area contributed by atoms with Crippen LogP contribution in [0.3, 0.4) is 0 Å². The number of benzene rings is 1. The van der Waals surface area contributed by atoms with Crippen molar-refractivity contribution in [2.75, 3.05) is 11.9 Å². The summed E-state index contributed by atoms with van der Waals surface area (Å²) in [4.78, 5) is 12.8. The molecular formula is C22H30N4O. The number of nitrogens with zero attached hydrogens (tertiary/aromatic N) is 2. The van der Waals surface area contributed by atoms with Gasteiger partial charge in [0.05, 0.1) is 5.69 Å². The monoisotopic (exact) mass is 366 g/mol. The van der Waals surface area contributed by atoms with E-state index in [1.165, 1.54) is 24.8 Å². The number of anilines is 1. The topological polar surface area (TPSA) is 59.0 Å². The van der Waals surface area contributed by atoms with Crippen molar-refractivity contribution in [2.24, 2.45) is 13.0 Å². The van der Waals surface area contributed by atoms with Crippen molar-refractivity contribution >= 4 is 11.7 Å². The third kappa shape index (κ3) is 4.24. The van der Waals surface area contributed by atoms with Gasteiger partial charge in [0.1, 0.15) is 5.82 Å². The van der Waals surface area contributed by atoms with Crippen molar-refractivity contribution in [3.8, 4) is 0 Å². The van der Waals surface area contributed by atoms with E-state index in [9.17, 15) is 4.79 Å². The van der Waals surface area contributed by atoms with Gasteiger partial charge in [-0.1, -0.05) is 32.9 Å². The van der Waals surface area contributed by atoms with E-state index in [0.717, 1.165) is 24.0 Å². The van der Waals surface area contributed by atoms with Crippen molar-refractivity contribution in [3.63, 3.8) is 0 Å². The normalized spacial score (nSPS) is 21.9. The van der Waals surface area contributed by atoms with Crippen LogP contribution in [0.25, 0.3) is 0 Å². The maximum atomic E-state index is 12.8. The van der Waals surface area contributed by atoms with Crippen LogP contribution in [0.2, 0.25) is 0 Å². The van der Waals surface area contributed by atoms with E-state index in [2.05, 4.69) is 42.6 Å². The van der Waals surface area contributed by atoms with Crippen LogP contribution in [-0.4, -0.2) is 28.3 Å². The van der Waals surface area contributed by atoms with Gasteiger partial charge in [0, 0.05) is 36.1 Å². The fourth-order valence-corrected chi connectivity index (χ4v) is 3.48. The molecule has 1 aromatic carbocycles. The predicted molar refractivity (Wildman–Crippen MR) is 108 cm³/mol. The van der Waals surface area contributed by atoms with Crippen molar-refractivity contribution < 1.29 is 4.79 Å². The summed E-state index contributed by atoms with van der Waals surface area (Å²) in [5.41, 5.74) is 2.89. The molecule has 2 fully saturated rings. The predicted octanol–water partition coefficient (Wildman–Crippen LogP) is 3.83. The van der Waals surface area contributed by atoms with Crippen LogP contribution in [0.4, 0.5) is 5.82 Å². The van der Waals surface area contributed by atoms with Crippen LogP contribution in [0, 0.1) is 5.92 Å². The molecule has 144 valence electrons. The highest BCUT2D eigenvalue weighted by Crippen LogP contribution is 2.42. The number of rotatable bonds is 6. The van der Waals surface area contributed by atoms with E-state index >= 15 is 0 Å². The average molecular weight is 367 g/mol. The number of hydrogen-bond acceptors (Lipinski definition) is 3. The number of amides is 1. The minimum Gasteiger partial charge on any atom is -0.313 e. The summed E-state index contributed by atoms with van der Waals surface area (Å²) in [6.07, 6.45) is 3.93. The van der Waals surface area contributed by atoms with Gasteiger partial charge in [-0.05, 0) is 49.4 Å². The smallest absolute Gasteiger partial charge is 0.256 e. The second-order valence-electron chi connectivity index (χ2n) is 9.17. The van der Waals surface area contributed by atoms with E-state index < -0.39 is 0 Å². The van der Waals surface area contributed by atoms with Crippen LogP contribution in [0.1, 0.15) is 67.6 Å². The number of aromatic nitrogens is 2. The SMILES string of the molecule is Cn1nc(C(C)(C)C)cc1NC(=O)c1cccc([C@@H]2C[C@H]2NCC2CC2)c1. The Morgan fingerprint density at radius 1 is 1.26 bits per heavy atom. The Hall–Kier alpha value is -2.14. The Morgan fingerprint density at radius 2 is 2.04 bits per heavy atom. The van der Waals surface area contributed by atoms with E-state index in [1.54, 1.807) is 4.68 Å². The maximum absolute atomic E-state index is 12.8. The number of carbonyl (C=O) groups is 1. The summed E-state index contributed by atoms with van der Waals surface area (Å²) in [7, 11) is 1.86. The molecular weight excluding hydrogens is 336 g/mol. The first kappa shape index (κ1) is 18.2. The van der Waals surface area contributed by atoms with Crippen LogP contribution in [-0.2, 0) is 12.5 Å². The van der Waals surface area contributed by atoms with Crippen molar-refractivity contribution in [2.45, 2.75) is 57.4 Å². The number of aryl methyl sites for hydroxylation is 1. The molecule has 2 aliphatic rings. The van der Waals surface area contributed by atoms with Gasteiger partial charge in [-0.25, -0.2) is 0 Å². The maximum Gasteiger partial charge on any atom is 0.256 e. The first-order valence-corrected chi connectivity index (χ1v) is 10.0. The summed E-state index contributed by atoms with van der Waals surface area (Å²) in [6, 6.07) is 10.6. The number of hydrogen-bond donors (Lipinski definition) is 2. The lowest BCUT2D eigenvalue weighted by Gasteiger charge is -2.13. The highest BCUT2D eigenvalue weighted by atomic mass is 16.1. The van der Waals surface area contributed by atoms with Crippen molar-refractivity contribution in [1.29, 1.82) is 0 Å². The zero-order valence-corrected chi connectivity index (χ0v) is 16.7. The molecule has 4 rings (SSSR count). The van der Waals surface area contributed by atoms with Gasteiger partial charge < -0.3 is 10.6 Å². The number of carbonyl (C=O) groups excluding carboxylic acids is 1. The lowest BCUT2D eigenvalue weighted by Crippen LogP contribution is -2.20. The van der Waals surface area contributed by atoms with E-state index in [-0.39, 0.29) is 11.3 Å². The van der Waals surface area contributed by atoms with E-state index in [1.807, 2.05) is 31.3 Å². The molecule has 0 unspecified atom stereocenters. The zero-order chi connectivity index (χ0) is 19.2. The summed E-state index contributed by atoms with van der Waals surface area (Å²) >= 11 is 0. The van der Waals surface area contributed by atoms with Crippen LogP contribution in [0.15, 0.2) is 30.3 Å². The van der Waals surface area contributed by atoms with Crippen LogP contribution >= 0.6 is 0 Å². The lowest BCUT2D eigenvalue weighted by molar-refractivity contribution is 0.102. The first-order chi connectivity index (χ1) is 12.8. The summed E-state index contributed by atoms with van der Waals surface area (Å²) in [5.74, 6) is 2.09. The molecule has 2 aromatic rings. The zero-order valence-electron chi connectivity index (χ0n) is 16.7. The molecule has 1 aromatic heterocycles. The fraction of sp³-hybridized carbons (Fsp3) is 0.545. The Bertz CT molecular complexity index is 844. The molecule has 1 heterocycles. The average Bonchev–Trinajstić information content (AvgIpc) is 3.52. The van der Waals surface area contributed by atoms with Crippen molar-refractivity contribution in [3.05, 3.63) is 47.2 Å². The largest absolute Gasteiger partial charge is 0.313 e. The van der Waals surface area contributed by atoms with Gasteiger partial charge in [-0.15, -0.1) is 0 Å². The Morgan fingerprint density at radius 3 is 2.70 bits per heavy atom. The van der Waals surface area contributed by atoms with Gasteiger partial charge in [0.25, 0.3) is 5.91 Å². The molecule has 5 nitrogen and oxygen atoms in total. The molecule has 2 N–H and O–H groups in total. The van der Waals surface area contributed by atoms with Gasteiger partial charge in [-0.2, -0.15) is 5.10 Å². The minimum atomic E-state index is -0.0801. The highest BCUT2D eigenvalue weighted by Gasteiger charge is 2.39. The Balaban J connectivity index is 1.41. The number of nitrogens with one attached hydrogen (secondary N) is 2. The van der Waals surface area contributed by atoms with Crippen LogP contribution < -0.4 is 10.6 Å². The highest BCUT2D eigenvalue weighted by molar-refractivity contribution is 6.04.